The number of nitrogens with one attached hydrogen (secondary N) is 1. The first-order valence-corrected chi connectivity index (χ1v) is 7.69. The highest BCUT2D eigenvalue weighted by Gasteiger charge is 2.27. The highest BCUT2D eigenvalue weighted by Crippen LogP contribution is 2.39. The molecule has 0 radical (unpaired) electrons. The van der Waals surface area contributed by atoms with Gasteiger partial charge in [0.15, 0.2) is 0 Å². The average molecular weight is 332 g/mol. The summed E-state index contributed by atoms with van der Waals surface area (Å²) in [5, 5.41) is 3.67. The summed E-state index contributed by atoms with van der Waals surface area (Å²) in [7, 11) is 0. The van der Waals surface area contributed by atoms with Crippen molar-refractivity contribution in [3.63, 3.8) is 0 Å². The zero-order valence-electron chi connectivity index (χ0n) is 11.7. The largest absolute Gasteiger partial charge is 0.493 e. The fourth-order valence-corrected chi connectivity index (χ4v) is 3.02. The molecule has 0 saturated heterocycles. The van der Waals surface area contributed by atoms with Crippen LogP contribution in [-0.2, 0) is 0 Å². The van der Waals surface area contributed by atoms with Crippen molar-refractivity contribution in [2.75, 3.05) is 11.9 Å². The molecule has 0 spiro atoms. The molecule has 2 atom stereocenters. The Balaban J connectivity index is 1.96. The van der Waals surface area contributed by atoms with Crippen molar-refractivity contribution < 1.29 is 4.74 Å². The van der Waals surface area contributed by atoms with Crippen LogP contribution in [0.3, 0.4) is 0 Å². The van der Waals surface area contributed by atoms with Crippen LogP contribution in [0.1, 0.15) is 24.1 Å². The van der Waals surface area contributed by atoms with E-state index in [9.17, 15) is 0 Å². The van der Waals surface area contributed by atoms with Crippen molar-refractivity contribution in [3.05, 3.63) is 58.1 Å². The van der Waals surface area contributed by atoms with E-state index in [1.54, 1.807) is 0 Å². The molecule has 0 bridgehead atoms. The van der Waals surface area contributed by atoms with E-state index in [2.05, 4.69) is 65.4 Å². The highest BCUT2D eigenvalue weighted by atomic mass is 79.9. The van der Waals surface area contributed by atoms with Gasteiger partial charge < -0.3 is 10.1 Å². The average Bonchev–Trinajstić information content (AvgIpc) is 2.46. The molecule has 1 N–H and O–H groups in total. The van der Waals surface area contributed by atoms with Crippen molar-refractivity contribution in [1.29, 1.82) is 0 Å². The second-order valence-electron chi connectivity index (χ2n) is 5.38. The maximum absolute atomic E-state index is 5.81. The van der Waals surface area contributed by atoms with Gasteiger partial charge in [0, 0.05) is 21.6 Å². The Bertz CT molecular complexity index is 626. The number of hydrogen-bond donors (Lipinski definition) is 1. The summed E-state index contributed by atoms with van der Waals surface area (Å²) >= 11 is 3.67. The Kier molecular flexibility index (Phi) is 3.70. The Hall–Kier alpha value is -1.48. The molecule has 3 rings (SSSR count). The molecular formula is C17H18BrNO. The zero-order chi connectivity index (χ0) is 14.1. The number of ether oxygens (including phenoxy) is 1. The molecule has 2 nitrogen and oxygen atoms in total. The quantitative estimate of drug-likeness (QED) is 0.841. The second kappa shape index (κ2) is 5.49. The van der Waals surface area contributed by atoms with Crippen LogP contribution in [0.2, 0.25) is 0 Å². The van der Waals surface area contributed by atoms with Crippen LogP contribution >= 0.6 is 15.9 Å². The number of para-hydroxylation sites is 1. The second-order valence-corrected chi connectivity index (χ2v) is 6.18. The maximum Gasteiger partial charge on any atom is 0.124 e. The zero-order valence-corrected chi connectivity index (χ0v) is 13.3. The lowest BCUT2D eigenvalue weighted by Gasteiger charge is -2.33. The molecule has 0 saturated carbocycles. The number of rotatable bonds is 2. The van der Waals surface area contributed by atoms with Crippen LogP contribution in [0.25, 0.3) is 0 Å². The fraction of sp³-hybridized carbons (Fsp3) is 0.294. The fourth-order valence-electron chi connectivity index (χ4n) is 2.64. The summed E-state index contributed by atoms with van der Waals surface area (Å²) in [6.45, 7) is 5.08. The molecule has 2 unspecified atom stereocenters. The molecule has 2 aromatic carbocycles. The molecule has 1 heterocycles. The van der Waals surface area contributed by atoms with Gasteiger partial charge >= 0.3 is 0 Å². The molecule has 0 amide bonds. The third-order valence-electron chi connectivity index (χ3n) is 3.83. The van der Waals surface area contributed by atoms with Crippen molar-refractivity contribution in [2.45, 2.75) is 19.9 Å². The lowest BCUT2D eigenvalue weighted by Crippen LogP contribution is -2.28. The van der Waals surface area contributed by atoms with Crippen molar-refractivity contribution >= 4 is 21.6 Å². The maximum atomic E-state index is 5.81. The van der Waals surface area contributed by atoms with Gasteiger partial charge in [-0.3, -0.25) is 0 Å². The third kappa shape index (κ3) is 2.42. The Labute approximate surface area is 128 Å². The number of hydrogen-bond acceptors (Lipinski definition) is 2. The highest BCUT2D eigenvalue weighted by molar-refractivity contribution is 9.10. The van der Waals surface area contributed by atoms with Gasteiger partial charge in [0.25, 0.3) is 0 Å². The van der Waals surface area contributed by atoms with E-state index in [0.29, 0.717) is 5.92 Å². The first-order chi connectivity index (χ1) is 9.66. The standard InChI is InChI=1S/C17H18BrNO/c1-11-6-5-8-14(16(11)18)19-17-12(2)10-20-15-9-4-3-7-13(15)17/h3-9,12,17,19H,10H2,1-2H3. The monoisotopic (exact) mass is 331 g/mol. The van der Waals surface area contributed by atoms with E-state index >= 15 is 0 Å². The number of anilines is 1. The molecule has 0 fully saturated rings. The van der Waals surface area contributed by atoms with Crippen LogP contribution in [0.4, 0.5) is 5.69 Å². The van der Waals surface area contributed by atoms with Crippen LogP contribution in [-0.4, -0.2) is 6.61 Å². The molecule has 0 aromatic heterocycles. The summed E-state index contributed by atoms with van der Waals surface area (Å²) in [5.41, 5.74) is 3.61. The van der Waals surface area contributed by atoms with Gasteiger partial charge in [0.1, 0.15) is 5.75 Å². The van der Waals surface area contributed by atoms with E-state index in [4.69, 9.17) is 4.74 Å². The molecule has 1 aliphatic heterocycles. The first kappa shape index (κ1) is 13.5. The van der Waals surface area contributed by atoms with Crippen LogP contribution in [0.5, 0.6) is 5.75 Å². The Morgan fingerprint density at radius 3 is 2.80 bits per heavy atom. The van der Waals surface area contributed by atoms with Gasteiger partial charge in [-0.2, -0.15) is 0 Å². The molecule has 20 heavy (non-hydrogen) atoms. The summed E-state index contributed by atoms with van der Waals surface area (Å²) in [5.74, 6) is 1.42. The molecule has 3 heteroatoms. The van der Waals surface area contributed by atoms with Gasteiger partial charge in [-0.05, 0) is 40.5 Å². The topological polar surface area (TPSA) is 21.3 Å². The van der Waals surface area contributed by atoms with E-state index in [1.807, 2.05) is 12.1 Å². The van der Waals surface area contributed by atoms with Gasteiger partial charge in [0.05, 0.1) is 12.6 Å². The normalized spacial score (nSPS) is 20.9. The third-order valence-corrected chi connectivity index (χ3v) is 4.88. The van der Waals surface area contributed by atoms with E-state index < -0.39 is 0 Å². The smallest absolute Gasteiger partial charge is 0.124 e. The predicted octanol–water partition coefficient (Wildman–Crippen LogP) is 4.94. The molecular weight excluding hydrogens is 314 g/mol. The predicted molar refractivity (Wildman–Crippen MR) is 86.3 cm³/mol. The van der Waals surface area contributed by atoms with E-state index in [1.165, 1.54) is 11.1 Å². The van der Waals surface area contributed by atoms with Gasteiger partial charge in [-0.15, -0.1) is 0 Å². The summed E-state index contributed by atoms with van der Waals surface area (Å²) in [6.07, 6.45) is 0. The Morgan fingerprint density at radius 1 is 1.15 bits per heavy atom. The summed E-state index contributed by atoms with van der Waals surface area (Å²) in [6, 6.07) is 14.9. The minimum atomic E-state index is 0.276. The van der Waals surface area contributed by atoms with E-state index in [0.717, 1.165) is 22.5 Å². The number of benzene rings is 2. The van der Waals surface area contributed by atoms with Crippen LogP contribution in [0.15, 0.2) is 46.9 Å². The lowest BCUT2D eigenvalue weighted by molar-refractivity contribution is 0.214. The minimum Gasteiger partial charge on any atom is -0.493 e. The molecule has 1 aliphatic rings. The molecule has 0 aliphatic carbocycles. The number of aryl methyl sites for hydroxylation is 1. The van der Waals surface area contributed by atoms with Gasteiger partial charge in [-0.1, -0.05) is 37.3 Å². The first-order valence-electron chi connectivity index (χ1n) is 6.90. The van der Waals surface area contributed by atoms with Crippen LogP contribution < -0.4 is 10.1 Å². The summed E-state index contributed by atoms with van der Waals surface area (Å²) in [4.78, 5) is 0. The van der Waals surface area contributed by atoms with Gasteiger partial charge in [-0.25, -0.2) is 0 Å². The van der Waals surface area contributed by atoms with Gasteiger partial charge in [0.2, 0.25) is 0 Å². The SMILES string of the molecule is Cc1cccc(NC2c3ccccc3OCC2C)c1Br. The van der Waals surface area contributed by atoms with Crippen molar-refractivity contribution in [1.82, 2.24) is 0 Å². The van der Waals surface area contributed by atoms with Crippen molar-refractivity contribution in [2.24, 2.45) is 5.92 Å². The number of fused-ring (bicyclic) bond motifs is 1. The molecule has 104 valence electrons. The number of halogens is 1. The van der Waals surface area contributed by atoms with E-state index in [-0.39, 0.29) is 6.04 Å². The molecule has 2 aromatic rings. The lowest BCUT2D eigenvalue weighted by atomic mass is 9.91. The van der Waals surface area contributed by atoms with Crippen molar-refractivity contribution in [3.8, 4) is 5.75 Å². The minimum absolute atomic E-state index is 0.276. The summed E-state index contributed by atoms with van der Waals surface area (Å²) < 4.78 is 6.94. The van der Waals surface area contributed by atoms with Crippen LogP contribution in [0, 0.1) is 12.8 Å². The Morgan fingerprint density at radius 2 is 1.95 bits per heavy atom.